The summed E-state index contributed by atoms with van der Waals surface area (Å²) in [5.41, 5.74) is 5.49. The summed E-state index contributed by atoms with van der Waals surface area (Å²) >= 11 is 1.23. The molecule has 1 heterocycles. The highest BCUT2D eigenvalue weighted by Gasteiger charge is 2.53. The predicted octanol–water partition coefficient (Wildman–Crippen LogP) is 5.08. The van der Waals surface area contributed by atoms with E-state index in [1.54, 1.807) is 13.0 Å². The number of nitrogens with zero attached hydrogens (tertiary/aromatic N) is 3. The molecule has 3 atom stereocenters. The van der Waals surface area contributed by atoms with Gasteiger partial charge in [-0.1, -0.05) is 38.2 Å². The summed E-state index contributed by atoms with van der Waals surface area (Å²) in [6.07, 6.45) is 2.21. The highest BCUT2D eigenvalue weighted by Crippen LogP contribution is 2.57. The van der Waals surface area contributed by atoms with E-state index in [0.717, 1.165) is 6.42 Å². The molecule has 0 saturated heterocycles. The number of amides is 1. The van der Waals surface area contributed by atoms with Crippen LogP contribution in [0.3, 0.4) is 0 Å². The van der Waals surface area contributed by atoms with Gasteiger partial charge in [-0.05, 0) is 43.1 Å². The average molecular weight is 428 g/mol. The van der Waals surface area contributed by atoms with Gasteiger partial charge in [-0.15, -0.1) is 0 Å². The van der Waals surface area contributed by atoms with Crippen molar-refractivity contribution in [1.29, 1.82) is 0 Å². The van der Waals surface area contributed by atoms with Crippen molar-refractivity contribution in [3.63, 3.8) is 0 Å². The lowest BCUT2D eigenvalue weighted by Crippen LogP contribution is -2.33. The number of aromatic nitrogens is 1. The van der Waals surface area contributed by atoms with E-state index in [-0.39, 0.29) is 11.6 Å². The van der Waals surface area contributed by atoms with E-state index in [9.17, 15) is 14.9 Å². The maximum Gasteiger partial charge on any atom is 0.271 e. The molecular formula is C21H25N5O3S. The van der Waals surface area contributed by atoms with Crippen LogP contribution < -0.4 is 10.7 Å². The molecule has 9 heteroatoms. The predicted molar refractivity (Wildman–Crippen MR) is 118 cm³/mol. The van der Waals surface area contributed by atoms with Crippen LogP contribution >= 0.6 is 11.3 Å². The largest absolute Gasteiger partial charge is 0.321 e. The molecule has 2 saturated carbocycles. The fourth-order valence-corrected chi connectivity index (χ4v) is 5.47. The molecule has 1 aromatic heterocycles. The minimum absolute atomic E-state index is 0.0738. The van der Waals surface area contributed by atoms with Crippen molar-refractivity contribution in [3.05, 3.63) is 45.0 Å². The highest BCUT2D eigenvalue weighted by atomic mass is 32.1. The molecule has 8 nitrogen and oxygen atoms in total. The van der Waals surface area contributed by atoms with Crippen LogP contribution in [-0.4, -0.2) is 21.5 Å². The zero-order valence-corrected chi connectivity index (χ0v) is 18.2. The number of benzene rings is 1. The lowest BCUT2D eigenvalue weighted by atomic mass is 9.69. The van der Waals surface area contributed by atoms with Gasteiger partial charge in [0.25, 0.3) is 11.6 Å². The van der Waals surface area contributed by atoms with E-state index in [1.807, 2.05) is 0 Å². The van der Waals surface area contributed by atoms with Gasteiger partial charge in [0.05, 0.1) is 10.6 Å². The van der Waals surface area contributed by atoms with Gasteiger partial charge in [-0.2, -0.15) is 5.10 Å². The fourth-order valence-electron chi connectivity index (χ4n) is 4.67. The molecule has 2 N–H and O–H groups in total. The Bertz CT molecular complexity index is 1040. The number of nitro benzene ring substituents is 1. The number of anilines is 2. The van der Waals surface area contributed by atoms with E-state index in [4.69, 9.17) is 0 Å². The number of hydrazone groups is 1. The Morgan fingerprint density at radius 3 is 2.83 bits per heavy atom. The average Bonchev–Trinajstić information content (AvgIpc) is 3.34. The van der Waals surface area contributed by atoms with Crippen molar-refractivity contribution in [2.75, 3.05) is 10.7 Å². The first-order chi connectivity index (χ1) is 14.2. The second kappa shape index (κ2) is 7.46. The maximum absolute atomic E-state index is 12.6. The number of rotatable bonds is 5. The van der Waals surface area contributed by atoms with Crippen LogP contribution in [0.25, 0.3) is 0 Å². The van der Waals surface area contributed by atoms with Crippen molar-refractivity contribution in [2.24, 2.45) is 28.3 Å². The van der Waals surface area contributed by atoms with Gasteiger partial charge < -0.3 is 5.32 Å². The fraction of sp³-hybridized carbons (Fsp3) is 0.476. The van der Waals surface area contributed by atoms with Crippen molar-refractivity contribution >= 4 is 39.5 Å². The van der Waals surface area contributed by atoms with Gasteiger partial charge in [-0.3, -0.25) is 20.3 Å². The van der Waals surface area contributed by atoms with Crippen LogP contribution in [0.1, 0.15) is 49.0 Å². The molecule has 0 unspecified atom stereocenters. The number of aryl methyl sites for hydroxylation is 1. The standard InChI is InChI=1S/C21H25N5O3S/c1-11-16-8-13(21(11,3)4)9-17(16)24-25-20-22-12(2)18(30-20)19(27)23-14-6-5-7-15(10-14)26(28)29/h5-7,10-11,13,16H,8-9H2,1-4H3,(H,22,25)(H,23,27)/b24-17+/t11-,13-,16+/m1/s1. The number of nitrogens with one attached hydrogen (secondary N) is 2. The molecule has 30 heavy (non-hydrogen) atoms. The van der Waals surface area contributed by atoms with Gasteiger partial charge in [0.1, 0.15) is 4.88 Å². The third-order valence-corrected chi connectivity index (χ3v) is 7.92. The number of hydrogen-bond acceptors (Lipinski definition) is 7. The van der Waals surface area contributed by atoms with Crippen LogP contribution in [0.15, 0.2) is 29.4 Å². The van der Waals surface area contributed by atoms with E-state index in [2.05, 4.69) is 41.6 Å². The first-order valence-corrected chi connectivity index (χ1v) is 10.8. The number of thiazole rings is 1. The summed E-state index contributed by atoms with van der Waals surface area (Å²) in [7, 11) is 0. The van der Waals surface area contributed by atoms with E-state index < -0.39 is 4.92 Å². The summed E-state index contributed by atoms with van der Waals surface area (Å²) < 4.78 is 0. The highest BCUT2D eigenvalue weighted by molar-refractivity contribution is 7.17. The summed E-state index contributed by atoms with van der Waals surface area (Å²) in [6, 6.07) is 5.86. The number of carbonyl (C=O) groups excluding carboxylic acids is 1. The molecule has 1 amide bonds. The summed E-state index contributed by atoms with van der Waals surface area (Å²) in [6.45, 7) is 8.77. The Morgan fingerprint density at radius 2 is 2.17 bits per heavy atom. The molecule has 4 rings (SSSR count). The molecule has 1 aromatic carbocycles. The Morgan fingerprint density at radius 1 is 1.40 bits per heavy atom. The van der Waals surface area contributed by atoms with Gasteiger partial charge >= 0.3 is 0 Å². The van der Waals surface area contributed by atoms with E-state index >= 15 is 0 Å². The van der Waals surface area contributed by atoms with Crippen molar-refractivity contribution < 1.29 is 9.72 Å². The smallest absolute Gasteiger partial charge is 0.271 e. The zero-order chi connectivity index (χ0) is 21.6. The zero-order valence-electron chi connectivity index (χ0n) is 17.4. The molecule has 2 aliphatic rings. The minimum atomic E-state index is -0.494. The van der Waals surface area contributed by atoms with Crippen molar-refractivity contribution in [3.8, 4) is 0 Å². The number of carbonyl (C=O) groups is 1. The minimum Gasteiger partial charge on any atom is -0.321 e. The van der Waals surface area contributed by atoms with E-state index in [1.165, 1.54) is 41.7 Å². The van der Waals surface area contributed by atoms with Crippen LogP contribution in [-0.2, 0) is 0 Å². The SMILES string of the molecule is Cc1nc(N/N=C2\C[C@H]3C[C@H]2[C@@H](C)C3(C)C)sc1C(=O)Nc1cccc([N+](=O)[O-])c1. The molecule has 0 spiro atoms. The number of non-ortho nitro benzene ring substituents is 1. The molecule has 0 aliphatic heterocycles. The Labute approximate surface area is 178 Å². The van der Waals surface area contributed by atoms with Crippen LogP contribution in [0.4, 0.5) is 16.5 Å². The molecule has 2 bridgehead atoms. The molecule has 2 aromatic rings. The van der Waals surface area contributed by atoms with Gasteiger partial charge in [0, 0.05) is 29.4 Å². The van der Waals surface area contributed by atoms with E-state index in [0.29, 0.717) is 44.6 Å². The summed E-state index contributed by atoms with van der Waals surface area (Å²) in [5, 5.41) is 18.8. The van der Waals surface area contributed by atoms with Crippen molar-refractivity contribution in [1.82, 2.24) is 4.98 Å². The van der Waals surface area contributed by atoms with Crippen LogP contribution in [0.5, 0.6) is 0 Å². The normalized spacial score (nSPS) is 25.5. The topological polar surface area (TPSA) is 110 Å². The molecular weight excluding hydrogens is 402 g/mol. The Hall–Kier alpha value is -2.81. The molecule has 2 fully saturated rings. The van der Waals surface area contributed by atoms with Crippen LogP contribution in [0, 0.1) is 40.2 Å². The lowest BCUT2D eigenvalue weighted by molar-refractivity contribution is -0.384. The third-order valence-electron chi connectivity index (χ3n) is 6.86. The maximum atomic E-state index is 12.6. The second-order valence-corrected chi connectivity index (χ2v) is 9.76. The number of nitro groups is 1. The second-order valence-electron chi connectivity index (χ2n) is 8.76. The van der Waals surface area contributed by atoms with Gasteiger partial charge in [0.15, 0.2) is 0 Å². The summed E-state index contributed by atoms with van der Waals surface area (Å²) in [5.74, 6) is 1.44. The summed E-state index contributed by atoms with van der Waals surface area (Å²) in [4.78, 5) is 27.9. The van der Waals surface area contributed by atoms with Gasteiger partial charge in [0.2, 0.25) is 5.13 Å². The Kier molecular flexibility index (Phi) is 5.09. The van der Waals surface area contributed by atoms with Crippen molar-refractivity contribution in [2.45, 2.75) is 40.5 Å². The molecule has 2 aliphatic carbocycles. The number of hydrogen-bond donors (Lipinski definition) is 2. The molecule has 158 valence electrons. The quantitative estimate of drug-likeness (QED) is 0.511. The lowest BCUT2D eigenvalue weighted by Gasteiger charge is -2.36. The number of fused-ring (bicyclic) bond motifs is 2. The third kappa shape index (κ3) is 3.58. The molecule has 0 radical (unpaired) electrons. The first kappa shape index (κ1) is 20.5. The Balaban J connectivity index is 1.44. The monoisotopic (exact) mass is 427 g/mol. The first-order valence-electron chi connectivity index (χ1n) is 10.0. The van der Waals surface area contributed by atoms with Gasteiger partial charge in [-0.25, -0.2) is 4.98 Å². The van der Waals surface area contributed by atoms with Crippen LogP contribution in [0.2, 0.25) is 0 Å².